The van der Waals surface area contributed by atoms with Crippen molar-refractivity contribution in [2.45, 2.75) is 13.3 Å². The lowest BCUT2D eigenvalue weighted by Gasteiger charge is -2.17. The van der Waals surface area contributed by atoms with Crippen LogP contribution in [0.4, 0.5) is 11.5 Å². The van der Waals surface area contributed by atoms with Crippen molar-refractivity contribution < 1.29 is 14.3 Å². The first kappa shape index (κ1) is 20.0. The van der Waals surface area contributed by atoms with Gasteiger partial charge in [0.1, 0.15) is 11.6 Å². The standard InChI is InChI=1S/C22H21ClN4O3/c1-14-9-20(27(25-14)18-7-3-5-16(23)11-18)24-22(29)15-10-21(28)26(13-15)17-6-4-8-19(12-17)30-2/h3-9,11-12,15H,10,13H2,1-2H3,(H,24,29). The van der Waals surface area contributed by atoms with Gasteiger partial charge >= 0.3 is 0 Å². The number of nitrogens with zero attached hydrogens (tertiary/aromatic N) is 3. The fraction of sp³-hybridized carbons (Fsp3) is 0.227. The molecule has 1 atom stereocenters. The lowest BCUT2D eigenvalue weighted by atomic mass is 10.1. The lowest BCUT2D eigenvalue weighted by molar-refractivity contribution is -0.122. The smallest absolute Gasteiger partial charge is 0.230 e. The predicted molar refractivity (Wildman–Crippen MR) is 115 cm³/mol. The second kappa shape index (κ2) is 8.20. The molecule has 7 nitrogen and oxygen atoms in total. The Bertz CT molecular complexity index is 1110. The average molecular weight is 425 g/mol. The quantitative estimate of drug-likeness (QED) is 0.675. The highest BCUT2D eigenvalue weighted by Gasteiger charge is 2.35. The normalized spacial score (nSPS) is 16.0. The Hall–Kier alpha value is -3.32. The topological polar surface area (TPSA) is 76.5 Å². The van der Waals surface area contributed by atoms with Gasteiger partial charge in [-0.05, 0) is 37.3 Å². The maximum absolute atomic E-state index is 12.9. The van der Waals surface area contributed by atoms with Crippen molar-refractivity contribution in [1.82, 2.24) is 9.78 Å². The molecule has 1 unspecified atom stereocenters. The van der Waals surface area contributed by atoms with Crippen molar-refractivity contribution in [2.24, 2.45) is 5.92 Å². The van der Waals surface area contributed by atoms with E-state index in [9.17, 15) is 9.59 Å². The van der Waals surface area contributed by atoms with E-state index >= 15 is 0 Å². The van der Waals surface area contributed by atoms with Crippen LogP contribution in [0.5, 0.6) is 5.75 Å². The Morgan fingerprint density at radius 1 is 1.17 bits per heavy atom. The largest absolute Gasteiger partial charge is 0.497 e. The van der Waals surface area contributed by atoms with Crippen molar-refractivity contribution in [2.75, 3.05) is 23.9 Å². The highest BCUT2D eigenvalue weighted by molar-refractivity contribution is 6.30. The molecule has 0 spiro atoms. The molecule has 3 aromatic rings. The number of halogens is 1. The molecule has 1 N–H and O–H groups in total. The Labute approximate surface area is 179 Å². The fourth-order valence-corrected chi connectivity index (χ4v) is 3.72. The van der Waals surface area contributed by atoms with Gasteiger partial charge < -0.3 is 15.0 Å². The van der Waals surface area contributed by atoms with E-state index in [0.717, 1.165) is 17.1 Å². The Morgan fingerprint density at radius 3 is 2.70 bits per heavy atom. The van der Waals surface area contributed by atoms with E-state index in [1.807, 2.05) is 37.3 Å². The Morgan fingerprint density at radius 2 is 1.93 bits per heavy atom. The monoisotopic (exact) mass is 424 g/mol. The van der Waals surface area contributed by atoms with Gasteiger partial charge in [-0.2, -0.15) is 5.10 Å². The summed E-state index contributed by atoms with van der Waals surface area (Å²) in [5.41, 5.74) is 2.21. The van der Waals surface area contributed by atoms with Crippen LogP contribution in [0, 0.1) is 12.8 Å². The molecule has 1 fully saturated rings. The summed E-state index contributed by atoms with van der Waals surface area (Å²) in [4.78, 5) is 27.1. The number of aryl methyl sites for hydroxylation is 1. The number of carbonyl (C=O) groups excluding carboxylic acids is 2. The zero-order valence-electron chi connectivity index (χ0n) is 16.6. The molecule has 4 rings (SSSR count). The van der Waals surface area contributed by atoms with Crippen LogP contribution in [0.2, 0.25) is 5.02 Å². The first-order valence-corrected chi connectivity index (χ1v) is 9.90. The van der Waals surface area contributed by atoms with Crippen LogP contribution >= 0.6 is 11.6 Å². The van der Waals surface area contributed by atoms with Crippen LogP contribution in [0.25, 0.3) is 5.69 Å². The van der Waals surface area contributed by atoms with E-state index in [1.165, 1.54) is 0 Å². The van der Waals surface area contributed by atoms with E-state index < -0.39 is 5.92 Å². The van der Waals surface area contributed by atoms with Gasteiger partial charge in [0.15, 0.2) is 0 Å². The van der Waals surface area contributed by atoms with E-state index in [0.29, 0.717) is 23.1 Å². The number of ether oxygens (including phenoxy) is 1. The van der Waals surface area contributed by atoms with Crippen LogP contribution in [-0.2, 0) is 9.59 Å². The van der Waals surface area contributed by atoms with Gasteiger partial charge in [0, 0.05) is 35.8 Å². The van der Waals surface area contributed by atoms with Gasteiger partial charge in [-0.1, -0.05) is 23.7 Å². The van der Waals surface area contributed by atoms with Gasteiger partial charge in [-0.3, -0.25) is 9.59 Å². The van der Waals surface area contributed by atoms with Crippen LogP contribution in [0.15, 0.2) is 54.6 Å². The number of rotatable bonds is 5. The molecular weight excluding hydrogens is 404 g/mol. The number of anilines is 2. The maximum atomic E-state index is 12.9. The number of benzene rings is 2. The third-order valence-electron chi connectivity index (χ3n) is 5.00. The molecule has 0 bridgehead atoms. The Balaban J connectivity index is 1.52. The minimum Gasteiger partial charge on any atom is -0.497 e. The molecule has 2 amide bonds. The summed E-state index contributed by atoms with van der Waals surface area (Å²) < 4.78 is 6.87. The summed E-state index contributed by atoms with van der Waals surface area (Å²) in [6.07, 6.45) is 0.146. The zero-order valence-corrected chi connectivity index (χ0v) is 17.4. The van der Waals surface area contributed by atoms with Crippen LogP contribution in [-0.4, -0.2) is 35.2 Å². The highest BCUT2D eigenvalue weighted by atomic mass is 35.5. The third kappa shape index (κ3) is 4.02. The van der Waals surface area contributed by atoms with Crippen LogP contribution in [0.1, 0.15) is 12.1 Å². The average Bonchev–Trinajstić information content (AvgIpc) is 3.30. The molecule has 2 aromatic carbocycles. The number of hydrogen-bond donors (Lipinski definition) is 1. The molecule has 30 heavy (non-hydrogen) atoms. The first-order valence-electron chi connectivity index (χ1n) is 9.52. The van der Waals surface area contributed by atoms with Crippen molar-refractivity contribution in [1.29, 1.82) is 0 Å². The molecule has 1 saturated heterocycles. The van der Waals surface area contributed by atoms with E-state index in [1.54, 1.807) is 41.0 Å². The molecule has 0 radical (unpaired) electrons. The Kier molecular flexibility index (Phi) is 5.46. The summed E-state index contributed by atoms with van der Waals surface area (Å²) in [6.45, 7) is 2.16. The molecule has 1 aliphatic heterocycles. The zero-order chi connectivity index (χ0) is 21.3. The summed E-state index contributed by atoms with van der Waals surface area (Å²) in [5.74, 6) is 0.410. The van der Waals surface area contributed by atoms with Crippen molar-refractivity contribution in [3.05, 3.63) is 65.3 Å². The van der Waals surface area contributed by atoms with Crippen LogP contribution < -0.4 is 15.0 Å². The van der Waals surface area contributed by atoms with Gasteiger partial charge in [0.2, 0.25) is 11.8 Å². The number of methoxy groups -OCH3 is 1. The number of aromatic nitrogens is 2. The number of carbonyl (C=O) groups is 2. The van der Waals surface area contributed by atoms with Crippen molar-refractivity contribution >= 4 is 34.9 Å². The molecule has 0 aliphatic carbocycles. The SMILES string of the molecule is COc1cccc(N2CC(C(=O)Nc3cc(C)nn3-c3cccc(Cl)c3)CC2=O)c1. The number of nitrogens with one attached hydrogen (secondary N) is 1. The highest BCUT2D eigenvalue weighted by Crippen LogP contribution is 2.29. The van der Waals surface area contributed by atoms with E-state index in [4.69, 9.17) is 16.3 Å². The molecule has 1 aromatic heterocycles. The minimum atomic E-state index is -0.466. The first-order chi connectivity index (χ1) is 14.4. The van der Waals surface area contributed by atoms with Gasteiger partial charge in [-0.15, -0.1) is 0 Å². The fourth-order valence-electron chi connectivity index (χ4n) is 3.53. The van der Waals surface area contributed by atoms with Gasteiger partial charge in [0.25, 0.3) is 0 Å². The lowest BCUT2D eigenvalue weighted by Crippen LogP contribution is -2.28. The van der Waals surface area contributed by atoms with Crippen molar-refractivity contribution in [3.8, 4) is 11.4 Å². The van der Waals surface area contributed by atoms with Gasteiger partial charge in [0.05, 0.1) is 24.4 Å². The second-order valence-electron chi connectivity index (χ2n) is 7.16. The summed E-state index contributed by atoms with van der Waals surface area (Å²) in [7, 11) is 1.58. The van der Waals surface area contributed by atoms with E-state index in [-0.39, 0.29) is 18.2 Å². The summed E-state index contributed by atoms with van der Waals surface area (Å²) in [5, 5.41) is 7.95. The summed E-state index contributed by atoms with van der Waals surface area (Å²) >= 11 is 6.09. The maximum Gasteiger partial charge on any atom is 0.230 e. The molecule has 0 saturated carbocycles. The second-order valence-corrected chi connectivity index (χ2v) is 7.60. The van der Waals surface area contributed by atoms with Crippen molar-refractivity contribution in [3.63, 3.8) is 0 Å². The molecule has 2 heterocycles. The molecule has 154 valence electrons. The van der Waals surface area contributed by atoms with Gasteiger partial charge in [-0.25, -0.2) is 4.68 Å². The molecular formula is C22H21ClN4O3. The van der Waals surface area contributed by atoms with E-state index in [2.05, 4.69) is 10.4 Å². The van der Waals surface area contributed by atoms with Crippen LogP contribution in [0.3, 0.4) is 0 Å². The molecule has 8 heteroatoms. The third-order valence-corrected chi connectivity index (χ3v) is 5.23. The molecule has 1 aliphatic rings. The summed E-state index contributed by atoms with van der Waals surface area (Å²) in [6, 6.07) is 16.3. The number of hydrogen-bond acceptors (Lipinski definition) is 4. The number of amides is 2. The minimum absolute atomic E-state index is 0.0945. The predicted octanol–water partition coefficient (Wildman–Crippen LogP) is 3.83.